The van der Waals surface area contributed by atoms with Crippen LogP contribution in [0, 0.1) is 5.82 Å². The van der Waals surface area contributed by atoms with Crippen molar-refractivity contribution in [2.75, 3.05) is 25.1 Å². The Bertz CT molecular complexity index is 562. The van der Waals surface area contributed by atoms with E-state index >= 15 is 0 Å². The van der Waals surface area contributed by atoms with Crippen LogP contribution in [0.1, 0.15) is 13.3 Å². The third kappa shape index (κ3) is 3.88. The molecular weight excluding hydrogens is 311 g/mol. The summed E-state index contributed by atoms with van der Waals surface area (Å²) in [5.41, 5.74) is 0.649. The van der Waals surface area contributed by atoms with Crippen LogP contribution < -0.4 is 5.32 Å². The maximum Gasteiger partial charge on any atom is 0.139 e. The Morgan fingerprint density at radius 1 is 1.37 bits per heavy atom. The van der Waals surface area contributed by atoms with Gasteiger partial charge in [-0.1, -0.05) is 0 Å². The number of aromatic nitrogens is 1. The van der Waals surface area contributed by atoms with Crippen LogP contribution in [0.15, 0.2) is 28.7 Å². The molecule has 0 atom stereocenters. The summed E-state index contributed by atoms with van der Waals surface area (Å²) in [7, 11) is 0. The number of rotatable bonds is 6. The number of nitrogens with zero attached hydrogens (tertiary/aromatic N) is 1. The number of hydrogen-bond acceptors (Lipinski definition) is 3. The second kappa shape index (κ2) is 6.82. The number of hydrogen-bond donors (Lipinski definition) is 1. The zero-order valence-electron chi connectivity index (χ0n) is 10.7. The highest BCUT2D eigenvalue weighted by Gasteiger charge is 2.04. The average molecular weight is 327 g/mol. The molecule has 0 saturated carbocycles. The second-order valence-electron chi connectivity index (χ2n) is 4.13. The minimum atomic E-state index is -0.298. The Morgan fingerprint density at radius 3 is 3.00 bits per heavy atom. The Balaban J connectivity index is 2.03. The second-order valence-corrected chi connectivity index (χ2v) is 4.99. The number of fused-ring (bicyclic) bond motifs is 1. The largest absolute Gasteiger partial charge is 0.382 e. The van der Waals surface area contributed by atoms with Gasteiger partial charge in [0.1, 0.15) is 11.6 Å². The summed E-state index contributed by atoms with van der Waals surface area (Å²) in [6.45, 7) is 4.24. The molecule has 1 heterocycles. The number of pyridine rings is 1. The van der Waals surface area contributed by atoms with Crippen LogP contribution >= 0.6 is 15.9 Å². The number of halogens is 2. The molecule has 1 aromatic carbocycles. The van der Waals surface area contributed by atoms with Gasteiger partial charge in [-0.15, -0.1) is 0 Å². The van der Waals surface area contributed by atoms with E-state index in [1.54, 1.807) is 6.07 Å². The number of nitrogens with one attached hydrogen (secondary N) is 1. The monoisotopic (exact) mass is 326 g/mol. The number of anilines is 1. The van der Waals surface area contributed by atoms with Crippen molar-refractivity contribution in [3.05, 3.63) is 34.6 Å². The van der Waals surface area contributed by atoms with Gasteiger partial charge in [0.2, 0.25) is 0 Å². The summed E-state index contributed by atoms with van der Waals surface area (Å²) in [6.07, 6.45) is 0.919. The van der Waals surface area contributed by atoms with E-state index in [4.69, 9.17) is 4.74 Å². The molecule has 2 rings (SSSR count). The van der Waals surface area contributed by atoms with Crippen LogP contribution in [0.3, 0.4) is 0 Å². The summed E-state index contributed by atoms with van der Waals surface area (Å²) in [5.74, 6) is 0.458. The van der Waals surface area contributed by atoms with Crippen molar-refractivity contribution in [1.29, 1.82) is 0 Å². The Hall–Kier alpha value is -1.20. The van der Waals surface area contributed by atoms with Crippen molar-refractivity contribution in [3.8, 4) is 0 Å². The maximum atomic E-state index is 13.4. The van der Waals surface area contributed by atoms with Gasteiger partial charge in [0.15, 0.2) is 0 Å². The standard InChI is InChI=1S/C14H16BrFN2O/c1-2-19-7-3-6-17-14-5-4-10-8-11(15)12(16)9-13(10)18-14/h4-5,8-9H,2-3,6-7H2,1H3,(H,17,18). The van der Waals surface area contributed by atoms with Crippen LogP contribution in [0.5, 0.6) is 0 Å². The third-order valence-electron chi connectivity index (χ3n) is 2.71. The molecule has 1 N–H and O–H groups in total. The first kappa shape index (κ1) is 14.2. The molecule has 2 aromatic rings. The van der Waals surface area contributed by atoms with Crippen LogP contribution in [0.2, 0.25) is 0 Å². The average Bonchev–Trinajstić information content (AvgIpc) is 2.40. The number of ether oxygens (including phenoxy) is 1. The van der Waals surface area contributed by atoms with E-state index in [2.05, 4.69) is 26.2 Å². The van der Waals surface area contributed by atoms with Gasteiger partial charge in [0.05, 0.1) is 9.99 Å². The molecule has 1 aromatic heterocycles. The summed E-state index contributed by atoms with van der Waals surface area (Å²) in [5, 5.41) is 4.11. The fourth-order valence-corrected chi connectivity index (χ4v) is 2.11. The lowest BCUT2D eigenvalue weighted by Crippen LogP contribution is -2.06. The van der Waals surface area contributed by atoms with Gasteiger partial charge in [0.25, 0.3) is 0 Å². The van der Waals surface area contributed by atoms with E-state index in [0.717, 1.165) is 37.4 Å². The zero-order valence-corrected chi connectivity index (χ0v) is 12.3. The summed E-state index contributed by atoms with van der Waals surface area (Å²) >= 11 is 3.17. The fraction of sp³-hybridized carbons (Fsp3) is 0.357. The lowest BCUT2D eigenvalue weighted by molar-refractivity contribution is 0.147. The first-order valence-electron chi connectivity index (χ1n) is 6.28. The van der Waals surface area contributed by atoms with Crippen molar-refractivity contribution in [2.24, 2.45) is 0 Å². The molecule has 0 aliphatic rings. The molecular formula is C14H16BrFN2O. The zero-order chi connectivity index (χ0) is 13.7. The minimum absolute atomic E-state index is 0.298. The molecule has 0 radical (unpaired) electrons. The van der Waals surface area contributed by atoms with Crippen LogP contribution in [-0.2, 0) is 4.74 Å². The lowest BCUT2D eigenvalue weighted by Gasteiger charge is -2.07. The van der Waals surface area contributed by atoms with Gasteiger partial charge in [-0.2, -0.15) is 0 Å². The Kier molecular flexibility index (Phi) is 5.10. The van der Waals surface area contributed by atoms with Crippen molar-refractivity contribution >= 4 is 32.7 Å². The fourth-order valence-electron chi connectivity index (χ4n) is 1.75. The quantitative estimate of drug-likeness (QED) is 0.815. The molecule has 0 aliphatic heterocycles. The van der Waals surface area contributed by atoms with Gasteiger partial charge in [-0.25, -0.2) is 9.37 Å². The number of benzene rings is 1. The molecule has 102 valence electrons. The minimum Gasteiger partial charge on any atom is -0.382 e. The van der Waals surface area contributed by atoms with Gasteiger partial charge in [-0.3, -0.25) is 0 Å². The topological polar surface area (TPSA) is 34.1 Å². The SMILES string of the molecule is CCOCCCNc1ccc2cc(Br)c(F)cc2n1. The molecule has 0 spiro atoms. The maximum absolute atomic E-state index is 13.4. The molecule has 0 fully saturated rings. The predicted octanol–water partition coefficient (Wildman–Crippen LogP) is 3.97. The molecule has 3 nitrogen and oxygen atoms in total. The lowest BCUT2D eigenvalue weighted by atomic mass is 10.2. The molecule has 0 amide bonds. The highest BCUT2D eigenvalue weighted by Crippen LogP contribution is 2.23. The molecule has 5 heteroatoms. The van der Waals surface area contributed by atoms with E-state index in [1.165, 1.54) is 6.07 Å². The molecule has 0 bridgehead atoms. The molecule has 19 heavy (non-hydrogen) atoms. The summed E-state index contributed by atoms with van der Waals surface area (Å²) < 4.78 is 19.2. The first-order valence-corrected chi connectivity index (χ1v) is 7.07. The third-order valence-corrected chi connectivity index (χ3v) is 3.31. The van der Waals surface area contributed by atoms with Crippen molar-refractivity contribution in [3.63, 3.8) is 0 Å². The van der Waals surface area contributed by atoms with E-state index in [9.17, 15) is 4.39 Å². The predicted molar refractivity (Wildman–Crippen MR) is 79.0 cm³/mol. The normalized spacial score (nSPS) is 10.9. The smallest absolute Gasteiger partial charge is 0.139 e. The van der Waals surface area contributed by atoms with Gasteiger partial charge in [-0.05, 0) is 47.5 Å². The summed E-state index contributed by atoms with van der Waals surface area (Å²) in [6, 6.07) is 6.99. The van der Waals surface area contributed by atoms with Crippen LogP contribution in [0.4, 0.5) is 10.2 Å². The summed E-state index contributed by atoms with van der Waals surface area (Å²) in [4.78, 5) is 4.38. The Labute approximate surface area is 120 Å². The molecule has 0 aliphatic carbocycles. The van der Waals surface area contributed by atoms with Gasteiger partial charge < -0.3 is 10.1 Å². The highest BCUT2D eigenvalue weighted by atomic mass is 79.9. The van der Waals surface area contributed by atoms with Gasteiger partial charge in [0, 0.05) is 31.2 Å². The van der Waals surface area contributed by atoms with E-state index in [0.29, 0.717) is 9.99 Å². The van der Waals surface area contributed by atoms with E-state index in [-0.39, 0.29) is 5.82 Å². The Morgan fingerprint density at radius 2 is 2.21 bits per heavy atom. The van der Waals surface area contributed by atoms with Crippen molar-refractivity contribution in [2.45, 2.75) is 13.3 Å². The van der Waals surface area contributed by atoms with E-state index in [1.807, 2.05) is 19.1 Å². The first-order chi connectivity index (χ1) is 9.20. The van der Waals surface area contributed by atoms with Crippen molar-refractivity contribution < 1.29 is 9.13 Å². The van der Waals surface area contributed by atoms with Crippen molar-refractivity contribution in [1.82, 2.24) is 4.98 Å². The van der Waals surface area contributed by atoms with E-state index < -0.39 is 0 Å². The van der Waals surface area contributed by atoms with Gasteiger partial charge >= 0.3 is 0 Å². The molecule has 0 saturated heterocycles. The highest BCUT2D eigenvalue weighted by molar-refractivity contribution is 9.10. The molecule has 0 unspecified atom stereocenters. The van der Waals surface area contributed by atoms with Crippen LogP contribution in [-0.4, -0.2) is 24.7 Å². The van der Waals surface area contributed by atoms with Crippen LogP contribution in [0.25, 0.3) is 10.9 Å².